The first-order valence-electron chi connectivity index (χ1n) is 4.25. The highest BCUT2D eigenvalue weighted by molar-refractivity contribution is 5.17. The van der Waals surface area contributed by atoms with Gasteiger partial charge in [0.25, 0.3) is 0 Å². The van der Waals surface area contributed by atoms with Crippen LogP contribution in [-0.2, 0) is 4.74 Å². The zero-order valence-electron chi connectivity index (χ0n) is 7.36. The summed E-state index contributed by atoms with van der Waals surface area (Å²) in [6.45, 7) is 3.22. The Balaban J connectivity index is 2.66. The monoisotopic (exact) mass is 165 g/mol. The fourth-order valence-corrected chi connectivity index (χ4v) is 1.17. The summed E-state index contributed by atoms with van der Waals surface area (Å²) in [5.74, 6) is 0. The summed E-state index contributed by atoms with van der Waals surface area (Å²) < 4.78 is 5.45. The molecule has 0 saturated carbocycles. The van der Waals surface area contributed by atoms with Gasteiger partial charge in [0.1, 0.15) is 0 Å². The number of rotatable bonds is 4. The van der Waals surface area contributed by atoms with Crippen LogP contribution in [0.3, 0.4) is 0 Å². The summed E-state index contributed by atoms with van der Waals surface area (Å²) in [5.41, 5.74) is 6.72. The quantitative estimate of drug-likeness (QED) is 0.737. The van der Waals surface area contributed by atoms with E-state index in [4.69, 9.17) is 10.5 Å². The Morgan fingerprint density at radius 2 is 2.00 bits per heavy atom. The van der Waals surface area contributed by atoms with E-state index in [0.29, 0.717) is 13.2 Å². The largest absolute Gasteiger partial charge is 0.372 e. The van der Waals surface area contributed by atoms with Gasteiger partial charge in [-0.15, -0.1) is 0 Å². The summed E-state index contributed by atoms with van der Waals surface area (Å²) in [5, 5.41) is 0. The van der Waals surface area contributed by atoms with E-state index in [-0.39, 0.29) is 6.10 Å². The zero-order valence-corrected chi connectivity index (χ0v) is 7.36. The van der Waals surface area contributed by atoms with E-state index < -0.39 is 0 Å². The molecule has 0 aromatic heterocycles. The van der Waals surface area contributed by atoms with Crippen molar-refractivity contribution in [3.8, 4) is 0 Å². The molecular weight excluding hydrogens is 150 g/mol. The molecule has 0 amide bonds. The Hall–Kier alpha value is -0.860. The molecule has 0 spiro atoms. The van der Waals surface area contributed by atoms with Gasteiger partial charge >= 0.3 is 0 Å². The lowest BCUT2D eigenvalue weighted by molar-refractivity contribution is 0.0688. The molecule has 2 heteroatoms. The van der Waals surface area contributed by atoms with Crippen LogP contribution in [0.25, 0.3) is 0 Å². The molecule has 0 unspecified atom stereocenters. The van der Waals surface area contributed by atoms with Gasteiger partial charge in [0.2, 0.25) is 0 Å². The smallest absolute Gasteiger partial charge is 0.0946 e. The van der Waals surface area contributed by atoms with E-state index in [9.17, 15) is 0 Å². The normalized spacial score (nSPS) is 12.8. The standard InChI is InChI=1S/C10H15NO/c1-2-12-10(8-11)9-6-4-3-5-7-9/h3-7,10H,2,8,11H2,1H3/t10-/m1/s1. The second-order valence-electron chi connectivity index (χ2n) is 2.59. The van der Waals surface area contributed by atoms with E-state index in [1.807, 2.05) is 37.3 Å². The van der Waals surface area contributed by atoms with Gasteiger partial charge in [-0.1, -0.05) is 30.3 Å². The number of hydrogen-bond donors (Lipinski definition) is 1. The molecular formula is C10H15NO. The minimum absolute atomic E-state index is 0.0520. The molecule has 0 fully saturated rings. The molecule has 66 valence electrons. The van der Waals surface area contributed by atoms with Crippen molar-refractivity contribution in [1.29, 1.82) is 0 Å². The van der Waals surface area contributed by atoms with Crippen molar-refractivity contribution in [3.63, 3.8) is 0 Å². The van der Waals surface area contributed by atoms with Gasteiger partial charge < -0.3 is 10.5 Å². The lowest BCUT2D eigenvalue weighted by Crippen LogP contribution is -2.15. The van der Waals surface area contributed by atoms with E-state index in [0.717, 1.165) is 5.56 Å². The summed E-state index contributed by atoms with van der Waals surface area (Å²) in [6, 6.07) is 10.1. The van der Waals surface area contributed by atoms with Crippen molar-refractivity contribution in [1.82, 2.24) is 0 Å². The first-order chi connectivity index (χ1) is 5.88. The maximum atomic E-state index is 5.57. The molecule has 2 nitrogen and oxygen atoms in total. The lowest BCUT2D eigenvalue weighted by atomic mass is 10.1. The average Bonchev–Trinajstić information content (AvgIpc) is 2.15. The Bertz CT molecular complexity index is 210. The highest BCUT2D eigenvalue weighted by Crippen LogP contribution is 2.14. The Morgan fingerprint density at radius 3 is 2.50 bits per heavy atom. The van der Waals surface area contributed by atoms with Crippen molar-refractivity contribution < 1.29 is 4.74 Å². The first-order valence-corrected chi connectivity index (χ1v) is 4.25. The molecule has 1 aromatic rings. The second-order valence-corrected chi connectivity index (χ2v) is 2.59. The lowest BCUT2D eigenvalue weighted by Gasteiger charge is -2.14. The summed E-state index contributed by atoms with van der Waals surface area (Å²) >= 11 is 0. The number of nitrogens with two attached hydrogens (primary N) is 1. The molecule has 2 N–H and O–H groups in total. The SMILES string of the molecule is CCO[C@H](CN)c1ccccc1. The van der Waals surface area contributed by atoms with Gasteiger partial charge in [0.05, 0.1) is 6.10 Å². The maximum Gasteiger partial charge on any atom is 0.0946 e. The minimum Gasteiger partial charge on any atom is -0.372 e. The Morgan fingerprint density at radius 1 is 1.33 bits per heavy atom. The van der Waals surface area contributed by atoms with Gasteiger partial charge in [-0.2, -0.15) is 0 Å². The molecule has 1 aromatic carbocycles. The fourth-order valence-electron chi connectivity index (χ4n) is 1.17. The minimum atomic E-state index is 0.0520. The molecule has 0 saturated heterocycles. The van der Waals surface area contributed by atoms with Gasteiger partial charge in [0.15, 0.2) is 0 Å². The van der Waals surface area contributed by atoms with Crippen LogP contribution in [0.1, 0.15) is 18.6 Å². The average molecular weight is 165 g/mol. The van der Waals surface area contributed by atoms with Crippen LogP contribution in [0, 0.1) is 0 Å². The number of hydrogen-bond acceptors (Lipinski definition) is 2. The van der Waals surface area contributed by atoms with E-state index in [1.54, 1.807) is 0 Å². The maximum absolute atomic E-state index is 5.57. The molecule has 1 rings (SSSR count). The molecule has 1 atom stereocenters. The van der Waals surface area contributed by atoms with Gasteiger partial charge in [0, 0.05) is 13.2 Å². The molecule has 0 aliphatic heterocycles. The van der Waals surface area contributed by atoms with Crippen molar-refractivity contribution in [2.75, 3.05) is 13.2 Å². The van der Waals surface area contributed by atoms with E-state index in [2.05, 4.69) is 0 Å². The summed E-state index contributed by atoms with van der Waals surface area (Å²) in [4.78, 5) is 0. The van der Waals surface area contributed by atoms with Crippen LogP contribution in [-0.4, -0.2) is 13.2 Å². The second kappa shape index (κ2) is 4.91. The van der Waals surface area contributed by atoms with E-state index >= 15 is 0 Å². The highest BCUT2D eigenvalue weighted by Gasteiger charge is 2.06. The Kier molecular flexibility index (Phi) is 3.77. The predicted molar refractivity (Wildman–Crippen MR) is 49.9 cm³/mol. The third kappa shape index (κ3) is 2.32. The van der Waals surface area contributed by atoms with Crippen LogP contribution in [0.2, 0.25) is 0 Å². The molecule has 0 aliphatic carbocycles. The topological polar surface area (TPSA) is 35.2 Å². The molecule has 0 heterocycles. The van der Waals surface area contributed by atoms with Crippen molar-refractivity contribution >= 4 is 0 Å². The van der Waals surface area contributed by atoms with Gasteiger partial charge in [-0.05, 0) is 12.5 Å². The van der Waals surface area contributed by atoms with Gasteiger partial charge in [-0.25, -0.2) is 0 Å². The molecule has 0 bridgehead atoms. The van der Waals surface area contributed by atoms with Crippen LogP contribution in [0.4, 0.5) is 0 Å². The third-order valence-electron chi connectivity index (χ3n) is 1.75. The van der Waals surface area contributed by atoms with Crippen LogP contribution in [0.5, 0.6) is 0 Å². The molecule has 12 heavy (non-hydrogen) atoms. The van der Waals surface area contributed by atoms with Gasteiger partial charge in [-0.3, -0.25) is 0 Å². The van der Waals surface area contributed by atoms with E-state index in [1.165, 1.54) is 0 Å². The van der Waals surface area contributed by atoms with Crippen LogP contribution >= 0.6 is 0 Å². The number of benzene rings is 1. The van der Waals surface area contributed by atoms with Crippen molar-refractivity contribution in [3.05, 3.63) is 35.9 Å². The molecule has 0 aliphatic rings. The molecule has 0 radical (unpaired) electrons. The third-order valence-corrected chi connectivity index (χ3v) is 1.75. The van der Waals surface area contributed by atoms with Crippen molar-refractivity contribution in [2.24, 2.45) is 5.73 Å². The summed E-state index contributed by atoms with van der Waals surface area (Å²) in [7, 11) is 0. The Labute approximate surface area is 73.3 Å². The van der Waals surface area contributed by atoms with Crippen LogP contribution in [0.15, 0.2) is 30.3 Å². The van der Waals surface area contributed by atoms with Crippen molar-refractivity contribution in [2.45, 2.75) is 13.0 Å². The summed E-state index contributed by atoms with van der Waals surface area (Å²) in [6.07, 6.45) is 0.0520. The first kappa shape index (κ1) is 9.23. The number of ether oxygens (including phenoxy) is 1. The van der Waals surface area contributed by atoms with Crippen LogP contribution < -0.4 is 5.73 Å². The predicted octanol–water partition coefficient (Wildman–Crippen LogP) is 1.72. The fraction of sp³-hybridized carbons (Fsp3) is 0.400. The zero-order chi connectivity index (χ0) is 8.81. The highest BCUT2D eigenvalue weighted by atomic mass is 16.5.